The van der Waals surface area contributed by atoms with Gasteiger partial charge in [-0.05, 0) is 30.5 Å². The van der Waals surface area contributed by atoms with Crippen molar-refractivity contribution in [3.63, 3.8) is 0 Å². The summed E-state index contributed by atoms with van der Waals surface area (Å²) >= 11 is 0. The molecule has 0 aliphatic rings. The number of hydrogen-bond acceptors (Lipinski definition) is 6. The summed E-state index contributed by atoms with van der Waals surface area (Å²) in [5, 5.41) is 14.6. The summed E-state index contributed by atoms with van der Waals surface area (Å²) in [6.07, 6.45) is 1.97. The van der Waals surface area contributed by atoms with Crippen LogP contribution in [0.4, 0.5) is 0 Å². The number of nitrogens with one attached hydrogen (secondary N) is 2. The molecule has 0 spiro atoms. The average molecular weight is 421 g/mol. The van der Waals surface area contributed by atoms with E-state index >= 15 is 0 Å². The molecule has 0 saturated heterocycles. The zero-order chi connectivity index (χ0) is 22.7. The van der Waals surface area contributed by atoms with E-state index in [-0.39, 0.29) is 25.0 Å². The summed E-state index contributed by atoms with van der Waals surface area (Å²) in [6, 6.07) is 3.20. The summed E-state index contributed by atoms with van der Waals surface area (Å²) < 4.78 is 0. The van der Waals surface area contributed by atoms with Crippen LogP contribution in [0, 0.1) is 0 Å². The molecule has 0 unspecified atom stereocenters. The molecule has 9 N–H and O–H groups in total. The van der Waals surface area contributed by atoms with Crippen molar-refractivity contribution in [2.45, 2.75) is 63.6 Å². The summed E-state index contributed by atoms with van der Waals surface area (Å²) in [7, 11) is 0. The van der Waals surface area contributed by atoms with Crippen molar-refractivity contribution >= 4 is 23.6 Å². The lowest BCUT2D eigenvalue weighted by Gasteiger charge is -2.23. The Kier molecular flexibility index (Phi) is 10.3. The molecule has 4 amide bonds. The van der Waals surface area contributed by atoms with Gasteiger partial charge in [0.25, 0.3) is 0 Å². The first-order chi connectivity index (χ1) is 14.1. The fourth-order valence-electron chi connectivity index (χ4n) is 2.75. The van der Waals surface area contributed by atoms with E-state index < -0.39 is 41.8 Å². The fourth-order valence-corrected chi connectivity index (χ4v) is 2.75. The van der Waals surface area contributed by atoms with Crippen molar-refractivity contribution in [3.05, 3.63) is 29.8 Å². The van der Waals surface area contributed by atoms with Gasteiger partial charge < -0.3 is 32.9 Å². The smallest absolute Gasteiger partial charge is 0.243 e. The van der Waals surface area contributed by atoms with Crippen LogP contribution in [0.15, 0.2) is 24.3 Å². The standard InChI is InChI=1S/C20H31N5O5/c1-2-3-4-15(18(23)28)24-20(30)16(11-12-5-7-13(26)8-6-12)25-19(29)14(21)9-10-17(22)27/h5-8,14-16,26H,2-4,9-11,21H2,1H3,(H2,22,27)(H2,23,28)(H,24,30)(H,25,29)/t14-,15-,16-/m0/s1. The van der Waals surface area contributed by atoms with Crippen LogP contribution in [-0.4, -0.2) is 46.9 Å². The summed E-state index contributed by atoms with van der Waals surface area (Å²) in [6.45, 7) is 1.95. The molecule has 1 aromatic rings. The van der Waals surface area contributed by atoms with Gasteiger partial charge in [-0.2, -0.15) is 0 Å². The minimum Gasteiger partial charge on any atom is -0.508 e. The zero-order valence-electron chi connectivity index (χ0n) is 17.1. The number of primary amides is 2. The quantitative estimate of drug-likeness (QED) is 0.241. The van der Waals surface area contributed by atoms with Gasteiger partial charge in [0.2, 0.25) is 23.6 Å². The predicted octanol–water partition coefficient (Wildman–Crippen LogP) is -0.827. The number of carbonyl (C=O) groups is 4. The molecule has 166 valence electrons. The van der Waals surface area contributed by atoms with E-state index in [2.05, 4.69) is 10.6 Å². The molecular weight excluding hydrogens is 390 g/mol. The highest BCUT2D eigenvalue weighted by Gasteiger charge is 2.27. The van der Waals surface area contributed by atoms with E-state index in [4.69, 9.17) is 17.2 Å². The number of hydrogen-bond donors (Lipinski definition) is 6. The topological polar surface area (TPSA) is 191 Å². The van der Waals surface area contributed by atoms with Gasteiger partial charge in [-0.3, -0.25) is 19.2 Å². The van der Waals surface area contributed by atoms with Gasteiger partial charge in [0.05, 0.1) is 6.04 Å². The molecule has 30 heavy (non-hydrogen) atoms. The van der Waals surface area contributed by atoms with Crippen LogP contribution in [0.2, 0.25) is 0 Å². The Morgan fingerprint density at radius 2 is 1.57 bits per heavy atom. The summed E-state index contributed by atoms with van der Waals surface area (Å²) in [5.74, 6) is -2.40. The van der Waals surface area contributed by atoms with Crippen molar-refractivity contribution in [2.24, 2.45) is 17.2 Å². The molecule has 10 nitrogen and oxygen atoms in total. The number of phenolic OH excluding ortho intramolecular Hbond substituents is 1. The van der Waals surface area contributed by atoms with Gasteiger partial charge in [-0.25, -0.2) is 0 Å². The normalized spacial score (nSPS) is 13.7. The maximum atomic E-state index is 12.8. The number of rotatable bonds is 13. The van der Waals surface area contributed by atoms with Gasteiger partial charge in [0, 0.05) is 12.8 Å². The van der Waals surface area contributed by atoms with Gasteiger partial charge in [-0.15, -0.1) is 0 Å². The second kappa shape index (κ2) is 12.4. The third-order valence-electron chi connectivity index (χ3n) is 4.55. The second-order valence-corrected chi connectivity index (χ2v) is 7.15. The zero-order valence-corrected chi connectivity index (χ0v) is 17.1. The molecule has 0 saturated carbocycles. The van der Waals surface area contributed by atoms with Crippen LogP contribution >= 0.6 is 0 Å². The minimum atomic E-state index is -1.04. The van der Waals surface area contributed by atoms with Crippen molar-refractivity contribution in [1.29, 1.82) is 0 Å². The van der Waals surface area contributed by atoms with Gasteiger partial charge in [0.15, 0.2) is 0 Å². The first kappa shape index (κ1) is 24.9. The monoisotopic (exact) mass is 421 g/mol. The van der Waals surface area contributed by atoms with Crippen molar-refractivity contribution in [1.82, 2.24) is 10.6 Å². The van der Waals surface area contributed by atoms with E-state index in [0.29, 0.717) is 18.4 Å². The van der Waals surface area contributed by atoms with E-state index in [1.165, 1.54) is 12.1 Å². The first-order valence-electron chi connectivity index (χ1n) is 9.85. The number of nitrogens with two attached hydrogens (primary N) is 3. The number of amides is 4. The number of phenols is 1. The van der Waals surface area contributed by atoms with E-state index in [1.54, 1.807) is 12.1 Å². The lowest BCUT2D eigenvalue weighted by atomic mass is 10.0. The van der Waals surface area contributed by atoms with Crippen LogP contribution in [0.5, 0.6) is 5.75 Å². The SMILES string of the molecule is CCCC[C@H](NC(=O)[C@H](Cc1ccc(O)cc1)NC(=O)[C@@H](N)CCC(N)=O)C(N)=O. The molecular formula is C20H31N5O5. The number of carbonyl (C=O) groups excluding carboxylic acids is 4. The van der Waals surface area contributed by atoms with Crippen LogP contribution in [0.25, 0.3) is 0 Å². The van der Waals surface area contributed by atoms with Crippen LogP contribution in [0.1, 0.15) is 44.6 Å². The van der Waals surface area contributed by atoms with E-state index in [0.717, 1.165) is 6.42 Å². The molecule has 0 aromatic heterocycles. The van der Waals surface area contributed by atoms with Crippen LogP contribution < -0.4 is 27.8 Å². The Morgan fingerprint density at radius 3 is 2.10 bits per heavy atom. The second-order valence-electron chi connectivity index (χ2n) is 7.15. The Labute approximate surface area is 175 Å². The highest BCUT2D eigenvalue weighted by atomic mass is 16.3. The van der Waals surface area contributed by atoms with E-state index in [1.807, 2.05) is 6.92 Å². The van der Waals surface area contributed by atoms with E-state index in [9.17, 15) is 24.3 Å². The van der Waals surface area contributed by atoms with Gasteiger partial charge >= 0.3 is 0 Å². The Morgan fingerprint density at radius 1 is 0.967 bits per heavy atom. The summed E-state index contributed by atoms with van der Waals surface area (Å²) in [5.41, 5.74) is 16.9. The van der Waals surface area contributed by atoms with Crippen LogP contribution in [-0.2, 0) is 25.6 Å². The number of aromatic hydroxyl groups is 1. The lowest BCUT2D eigenvalue weighted by molar-refractivity contribution is -0.132. The van der Waals surface area contributed by atoms with Gasteiger partial charge in [-0.1, -0.05) is 31.9 Å². The molecule has 1 rings (SSSR count). The molecule has 0 aliphatic heterocycles. The first-order valence-corrected chi connectivity index (χ1v) is 9.85. The largest absolute Gasteiger partial charge is 0.508 e. The fraction of sp³-hybridized carbons (Fsp3) is 0.500. The molecule has 3 atom stereocenters. The van der Waals surface area contributed by atoms with Crippen molar-refractivity contribution in [3.8, 4) is 5.75 Å². The Balaban J connectivity index is 2.93. The molecule has 0 bridgehead atoms. The maximum absolute atomic E-state index is 12.8. The average Bonchev–Trinajstić information content (AvgIpc) is 2.69. The third-order valence-corrected chi connectivity index (χ3v) is 4.55. The molecule has 0 heterocycles. The third kappa shape index (κ3) is 8.91. The Bertz CT molecular complexity index is 738. The number of unbranched alkanes of at least 4 members (excludes halogenated alkanes) is 1. The maximum Gasteiger partial charge on any atom is 0.243 e. The van der Waals surface area contributed by atoms with Crippen LogP contribution in [0.3, 0.4) is 0 Å². The lowest BCUT2D eigenvalue weighted by Crippen LogP contribution is -2.56. The van der Waals surface area contributed by atoms with Gasteiger partial charge in [0.1, 0.15) is 17.8 Å². The van der Waals surface area contributed by atoms with Crippen molar-refractivity contribution < 1.29 is 24.3 Å². The number of benzene rings is 1. The molecule has 1 aromatic carbocycles. The highest BCUT2D eigenvalue weighted by Crippen LogP contribution is 2.12. The highest BCUT2D eigenvalue weighted by molar-refractivity contribution is 5.93. The molecule has 0 aliphatic carbocycles. The minimum absolute atomic E-state index is 0.0368. The molecule has 0 fully saturated rings. The molecule has 0 radical (unpaired) electrons. The van der Waals surface area contributed by atoms with Crippen molar-refractivity contribution in [2.75, 3.05) is 0 Å². The Hall–Kier alpha value is -3.14. The predicted molar refractivity (Wildman–Crippen MR) is 111 cm³/mol. The summed E-state index contributed by atoms with van der Waals surface area (Å²) in [4.78, 5) is 47.8. The molecule has 10 heteroatoms.